The maximum absolute atomic E-state index is 6.78. The van der Waals surface area contributed by atoms with Crippen LogP contribution in [0, 0.1) is 0 Å². The summed E-state index contributed by atoms with van der Waals surface area (Å²) in [5, 5.41) is 5.38. The van der Waals surface area contributed by atoms with Crippen LogP contribution in [0.25, 0.3) is 28.0 Å². The number of hydrogen-bond donors (Lipinski definition) is 0. The van der Waals surface area contributed by atoms with Crippen molar-refractivity contribution in [3.63, 3.8) is 0 Å². The zero-order valence-corrected chi connectivity index (χ0v) is 21.0. The summed E-state index contributed by atoms with van der Waals surface area (Å²) >= 11 is 6.78. The molecular formula is C27H31ClN4O2. The normalized spacial score (nSPS) is 13.4. The van der Waals surface area contributed by atoms with Gasteiger partial charge in [0.05, 0.1) is 19.8 Å². The van der Waals surface area contributed by atoms with E-state index in [1.807, 2.05) is 56.3 Å². The quantitative estimate of drug-likeness (QED) is 0.297. The second kappa shape index (κ2) is 10.8. The van der Waals surface area contributed by atoms with Crippen molar-refractivity contribution in [1.29, 1.82) is 0 Å². The van der Waals surface area contributed by atoms with Gasteiger partial charge in [0.25, 0.3) is 0 Å². The summed E-state index contributed by atoms with van der Waals surface area (Å²) in [6.07, 6.45) is 3.55. The molecule has 0 unspecified atom stereocenters. The van der Waals surface area contributed by atoms with E-state index >= 15 is 0 Å². The smallest absolute Gasteiger partial charge is 0.227 e. The number of benzene rings is 2. The van der Waals surface area contributed by atoms with Crippen molar-refractivity contribution in [2.75, 3.05) is 32.2 Å². The first-order chi connectivity index (χ1) is 16.7. The van der Waals surface area contributed by atoms with Crippen LogP contribution in [0.3, 0.4) is 0 Å². The summed E-state index contributed by atoms with van der Waals surface area (Å²) in [7, 11) is 3.29. The highest BCUT2D eigenvalue weighted by molar-refractivity contribution is 6.32. The Hall–Kier alpha value is -3.25. The number of halogens is 1. The number of methoxy groups -OCH3 is 2. The van der Waals surface area contributed by atoms with Gasteiger partial charge in [0.1, 0.15) is 22.3 Å². The molecule has 34 heavy (non-hydrogen) atoms. The van der Waals surface area contributed by atoms with E-state index < -0.39 is 0 Å². The summed E-state index contributed by atoms with van der Waals surface area (Å²) in [5.74, 6) is 1.33. The van der Waals surface area contributed by atoms with Crippen LogP contribution in [-0.4, -0.2) is 41.9 Å². The van der Waals surface area contributed by atoms with E-state index in [1.165, 1.54) is 6.42 Å². The molecule has 7 heteroatoms. The number of piperidine rings is 1. The fraction of sp³-hybridized carbons (Fsp3) is 0.333. The molecule has 2 aromatic heterocycles. The predicted molar refractivity (Wildman–Crippen MR) is 139 cm³/mol. The Labute approximate surface area is 206 Å². The van der Waals surface area contributed by atoms with Gasteiger partial charge in [-0.1, -0.05) is 67.9 Å². The second-order valence-corrected chi connectivity index (χ2v) is 8.22. The van der Waals surface area contributed by atoms with Gasteiger partial charge in [0.15, 0.2) is 5.65 Å². The van der Waals surface area contributed by atoms with Gasteiger partial charge >= 0.3 is 0 Å². The Morgan fingerprint density at radius 2 is 1.50 bits per heavy atom. The first-order valence-electron chi connectivity index (χ1n) is 11.8. The third-order valence-corrected chi connectivity index (χ3v) is 6.22. The summed E-state index contributed by atoms with van der Waals surface area (Å²) in [6.45, 7) is 5.95. The third kappa shape index (κ3) is 4.42. The Balaban J connectivity index is 0.00000133. The molecule has 6 nitrogen and oxygen atoms in total. The molecule has 178 valence electrons. The average molecular weight is 479 g/mol. The summed E-state index contributed by atoms with van der Waals surface area (Å²) in [6, 6.07) is 17.9. The van der Waals surface area contributed by atoms with Crippen molar-refractivity contribution < 1.29 is 9.47 Å². The van der Waals surface area contributed by atoms with Crippen LogP contribution in [0.4, 0.5) is 5.69 Å². The van der Waals surface area contributed by atoms with Gasteiger partial charge < -0.3 is 14.4 Å². The molecule has 0 saturated carbocycles. The molecule has 0 radical (unpaired) electrons. The van der Waals surface area contributed by atoms with E-state index in [0.29, 0.717) is 22.2 Å². The SMILES string of the molecule is CC.COc1ccc(-c2c(Cl)nc3c(N4CCCCC4)c(-c4ccccc4)nn3c2OC)cc1. The highest BCUT2D eigenvalue weighted by atomic mass is 35.5. The van der Waals surface area contributed by atoms with Gasteiger partial charge in [0.2, 0.25) is 5.88 Å². The minimum absolute atomic E-state index is 0.386. The lowest BCUT2D eigenvalue weighted by atomic mass is 10.1. The molecule has 2 aromatic carbocycles. The zero-order chi connectivity index (χ0) is 24.1. The molecule has 0 spiro atoms. The van der Waals surface area contributed by atoms with Crippen LogP contribution in [0.2, 0.25) is 5.15 Å². The molecule has 1 saturated heterocycles. The Kier molecular flexibility index (Phi) is 7.58. The lowest BCUT2D eigenvalue weighted by Crippen LogP contribution is -2.29. The van der Waals surface area contributed by atoms with Crippen LogP contribution < -0.4 is 14.4 Å². The van der Waals surface area contributed by atoms with Gasteiger partial charge in [0, 0.05) is 18.7 Å². The van der Waals surface area contributed by atoms with Gasteiger partial charge in [-0.05, 0) is 37.0 Å². The van der Waals surface area contributed by atoms with Crippen molar-refractivity contribution >= 4 is 22.9 Å². The molecule has 0 N–H and O–H groups in total. The molecule has 4 aromatic rings. The van der Waals surface area contributed by atoms with E-state index in [4.69, 9.17) is 31.2 Å². The van der Waals surface area contributed by atoms with Gasteiger partial charge in [-0.25, -0.2) is 4.98 Å². The first-order valence-corrected chi connectivity index (χ1v) is 12.2. The van der Waals surface area contributed by atoms with E-state index in [2.05, 4.69) is 17.0 Å². The third-order valence-electron chi connectivity index (χ3n) is 5.94. The molecule has 3 heterocycles. The minimum Gasteiger partial charge on any atom is -0.497 e. The molecule has 1 fully saturated rings. The molecule has 1 aliphatic heterocycles. The van der Waals surface area contributed by atoms with Crippen LogP contribution in [0.1, 0.15) is 33.1 Å². The topological polar surface area (TPSA) is 51.9 Å². The van der Waals surface area contributed by atoms with Crippen molar-refractivity contribution in [3.05, 3.63) is 59.8 Å². The number of hydrogen-bond acceptors (Lipinski definition) is 5. The van der Waals surface area contributed by atoms with Gasteiger partial charge in [-0.15, -0.1) is 0 Å². The maximum atomic E-state index is 6.78. The maximum Gasteiger partial charge on any atom is 0.227 e. The lowest BCUT2D eigenvalue weighted by Gasteiger charge is -2.28. The lowest BCUT2D eigenvalue weighted by molar-refractivity contribution is 0.387. The predicted octanol–water partition coefficient (Wildman–Crippen LogP) is 6.75. The van der Waals surface area contributed by atoms with E-state index in [1.54, 1.807) is 18.7 Å². The van der Waals surface area contributed by atoms with Crippen molar-refractivity contribution in [2.45, 2.75) is 33.1 Å². The molecular weight excluding hydrogens is 448 g/mol. The number of fused-ring (bicyclic) bond motifs is 1. The van der Waals surface area contributed by atoms with E-state index in [0.717, 1.165) is 54.2 Å². The molecule has 0 amide bonds. The van der Waals surface area contributed by atoms with Crippen LogP contribution >= 0.6 is 11.6 Å². The van der Waals surface area contributed by atoms with Crippen LogP contribution in [0.15, 0.2) is 54.6 Å². The number of rotatable bonds is 5. The monoisotopic (exact) mass is 478 g/mol. The second-order valence-electron chi connectivity index (χ2n) is 7.86. The standard InChI is InChI=1S/C25H25ClN4O2.C2H6/c1-31-19-13-11-17(12-14-19)20-23(26)27-24-22(29-15-7-4-8-16-29)21(18-9-5-3-6-10-18)28-30(24)25(20)32-2;1-2/h3,5-6,9-14H,4,7-8,15-16H2,1-2H3;1-2H3. The largest absolute Gasteiger partial charge is 0.497 e. The molecule has 0 bridgehead atoms. The number of anilines is 1. The number of aromatic nitrogens is 3. The van der Waals surface area contributed by atoms with Crippen molar-refractivity contribution in [3.8, 4) is 34.0 Å². The molecule has 0 aliphatic carbocycles. The van der Waals surface area contributed by atoms with Gasteiger partial charge in [-0.2, -0.15) is 9.61 Å². The number of nitrogens with zero attached hydrogens (tertiary/aromatic N) is 4. The minimum atomic E-state index is 0.386. The highest BCUT2D eigenvalue weighted by Crippen LogP contribution is 2.42. The van der Waals surface area contributed by atoms with E-state index in [-0.39, 0.29) is 0 Å². The Morgan fingerprint density at radius 3 is 2.12 bits per heavy atom. The molecule has 1 aliphatic rings. The van der Waals surface area contributed by atoms with Crippen LogP contribution in [-0.2, 0) is 0 Å². The number of ether oxygens (including phenoxy) is 2. The average Bonchev–Trinajstić information content (AvgIpc) is 3.29. The Bertz CT molecular complexity index is 1230. The highest BCUT2D eigenvalue weighted by Gasteiger charge is 2.27. The van der Waals surface area contributed by atoms with Gasteiger partial charge in [-0.3, -0.25) is 0 Å². The van der Waals surface area contributed by atoms with Crippen molar-refractivity contribution in [2.24, 2.45) is 0 Å². The molecule has 5 rings (SSSR count). The zero-order valence-electron chi connectivity index (χ0n) is 20.2. The summed E-state index contributed by atoms with van der Waals surface area (Å²) in [4.78, 5) is 7.22. The summed E-state index contributed by atoms with van der Waals surface area (Å²) in [5.41, 5.74) is 5.25. The Morgan fingerprint density at radius 1 is 0.824 bits per heavy atom. The van der Waals surface area contributed by atoms with Crippen LogP contribution in [0.5, 0.6) is 11.6 Å². The summed E-state index contributed by atoms with van der Waals surface area (Å²) < 4.78 is 13.0. The fourth-order valence-corrected chi connectivity index (χ4v) is 4.64. The fourth-order valence-electron chi connectivity index (χ4n) is 4.37. The van der Waals surface area contributed by atoms with E-state index in [9.17, 15) is 0 Å². The molecule has 0 atom stereocenters. The first kappa shape index (κ1) is 23.9. The van der Waals surface area contributed by atoms with Crippen molar-refractivity contribution in [1.82, 2.24) is 14.6 Å².